The zero-order chi connectivity index (χ0) is 20.6. The van der Waals surface area contributed by atoms with E-state index in [9.17, 15) is 5.11 Å². The molecule has 1 nitrogen and oxygen atoms in total. The number of rotatable bonds is 15. The Bertz CT molecular complexity index is 665. The van der Waals surface area contributed by atoms with Crippen molar-refractivity contribution in [1.82, 2.24) is 0 Å². The maximum atomic E-state index is 10.9. The molecule has 0 heterocycles. The summed E-state index contributed by atoms with van der Waals surface area (Å²) in [5, 5.41) is 10.9. The third kappa shape index (κ3) is 10.8. The standard InChI is InChI=1S/C27H38OSe/c1-2-3-4-5-6-7-8-13-18-25(23-29-26-19-14-10-15-20-26)27(28)22-21-24-16-11-9-12-17-24/h9-12,14-17,19-20,23,27-28H,2-8,13,18,21-22H2,1H3/b25-23-. The molecule has 0 saturated heterocycles. The number of unbranched alkanes of at least 4 members (excludes halogenated alkanes) is 7. The van der Waals surface area contributed by atoms with Crippen LogP contribution in [0.2, 0.25) is 0 Å². The van der Waals surface area contributed by atoms with E-state index >= 15 is 0 Å². The molecule has 1 atom stereocenters. The van der Waals surface area contributed by atoms with E-state index in [0.29, 0.717) is 15.0 Å². The molecule has 158 valence electrons. The number of hydrogen-bond donors (Lipinski definition) is 1. The Morgan fingerprint density at radius 2 is 1.41 bits per heavy atom. The van der Waals surface area contributed by atoms with Gasteiger partial charge in [-0.1, -0.05) is 0 Å². The van der Waals surface area contributed by atoms with E-state index < -0.39 is 0 Å². The second kappa shape index (κ2) is 15.5. The van der Waals surface area contributed by atoms with Gasteiger partial charge in [0.2, 0.25) is 0 Å². The molecule has 0 radical (unpaired) electrons. The van der Waals surface area contributed by atoms with Crippen molar-refractivity contribution in [3.05, 3.63) is 76.8 Å². The van der Waals surface area contributed by atoms with Crippen LogP contribution in [-0.2, 0) is 6.42 Å². The summed E-state index contributed by atoms with van der Waals surface area (Å²) in [5.74, 6) is 0. The van der Waals surface area contributed by atoms with Crippen molar-refractivity contribution in [1.29, 1.82) is 0 Å². The van der Waals surface area contributed by atoms with Crippen LogP contribution in [0.3, 0.4) is 0 Å². The van der Waals surface area contributed by atoms with Gasteiger partial charge in [0, 0.05) is 0 Å². The topological polar surface area (TPSA) is 20.2 Å². The quantitative estimate of drug-likeness (QED) is 0.242. The Labute approximate surface area is 184 Å². The van der Waals surface area contributed by atoms with Gasteiger partial charge in [0.05, 0.1) is 0 Å². The van der Waals surface area contributed by atoms with Crippen LogP contribution in [0.25, 0.3) is 0 Å². The zero-order valence-electron chi connectivity index (χ0n) is 18.1. The molecule has 0 aliphatic carbocycles. The van der Waals surface area contributed by atoms with Crippen molar-refractivity contribution >= 4 is 19.4 Å². The summed E-state index contributed by atoms with van der Waals surface area (Å²) in [4.78, 5) is 2.35. The Balaban J connectivity index is 1.81. The Morgan fingerprint density at radius 3 is 2.07 bits per heavy atom. The van der Waals surface area contributed by atoms with Gasteiger partial charge in [-0.15, -0.1) is 0 Å². The molecule has 0 aliphatic rings. The normalized spacial score (nSPS) is 12.8. The molecule has 2 aromatic carbocycles. The van der Waals surface area contributed by atoms with Gasteiger partial charge in [0.1, 0.15) is 0 Å². The van der Waals surface area contributed by atoms with Crippen molar-refractivity contribution in [2.75, 3.05) is 0 Å². The Kier molecular flexibility index (Phi) is 12.8. The molecular formula is C27H38OSe. The second-order valence-electron chi connectivity index (χ2n) is 7.89. The third-order valence-electron chi connectivity index (χ3n) is 5.39. The van der Waals surface area contributed by atoms with Crippen molar-refractivity contribution in [2.45, 2.75) is 83.7 Å². The summed E-state index contributed by atoms with van der Waals surface area (Å²) in [5.41, 5.74) is 2.57. The zero-order valence-corrected chi connectivity index (χ0v) is 19.8. The summed E-state index contributed by atoms with van der Waals surface area (Å²) in [6, 6.07) is 21.2. The van der Waals surface area contributed by atoms with Crippen LogP contribution in [0.15, 0.2) is 71.2 Å². The van der Waals surface area contributed by atoms with Gasteiger partial charge in [-0.2, -0.15) is 0 Å². The van der Waals surface area contributed by atoms with Crippen molar-refractivity contribution in [3.63, 3.8) is 0 Å². The molecule has 0 aliphatic heterocycles. The second-order valence-corrected chi connectivity index (χ2v) is 9.87. The van der Waals surface area contributed by atoms with Crippen LogP contribution < -0.4 is 4.46 Å². The Morgan fingerprint density at radius 1 is 0.828 bits per heavy atom. The van der Waals surface area contributed by atoms with Gasteiger partial charge in [0.25, 0.3) is 0 Å². The van der Waals surface area contributed by atoms with Gasteiger partial charge < -0.3 is 0 Å². The summed E-state index contributed by atoms with van der Waals surface area (Å²) in [7, 11) is 0. The molecule has 0 fully saturated rings. The van der Waals surface area contributed by atoms with Crippen LogP contribution in [0.5, 0.6) is 0 Å². The van der Waals surface area contributed by atoms with Crippen LogP contribution in [0, 0.1) is 0 Å². The summed E-state index contributed by atoms with van der Waals surface area (Å²) in [6.45, 7) is 2.27. The van der Waals surface area contributed by atoms with Gasteiger partial charge in [0.15, 0.2) is 0 Å². The first-order valence-electron chi connectivity index (χ1n) is 11.4. The average Bonchev–Trinajstić information content (AvgIpc) is 2.77. The first kappa shape index (κ1) is 23.9. The minimum absolute atomic E-state index is 0.296. The molecule has 2 aromatic rings. The summed E-state index contributed by atoms with van der Waals surface area (Å²) >= 11 is 0.296. The fourth-order valence-electron chi connectivity index (χ4n) is 3.54. The van der Waals surface area contributed by atoms with Crippen LogP contribution in [0.4, 0.5) is 0 Å². The summed E-state index contributed by atoms with van der Waals surface area (Å²) < 4.78 is 1.38. The molecule has 0 spiro atoms. The molecular weight excluding hydrogens is 419 g/mol. The number of aliphatic hydroxyl groups excluding tert-OH is 1. The maximum absolute atomic E-state index is 10.9. The third-order valence-corrected chi connectivity index (χ3v) is 7.41. The average molecular weight is 458 g/mol. The van der Waals surface area contributed by atoms with Gasteiger partial charge in [-0.25, -0.2) is 0 Å². The first-order chi connectivity index (χ1) is 14.3. The van der Waals surface area contributed by atoms with Crippen LogP contribution in [-0.4, -0.2) is 26.2 Å². The van der Waals surface area contributed by atoms with E-state index in [1.165, 1.54) is 67.0 Å². The molecule has 0 amide bonds. The molecule has 1 unspecified atom stereocenters. The molecule has 2 heteroatoms. The molecule has 0 aromatic heterocycles. The van der Waals surface area contributed by atoms with E-state index in [4.69, 9.17) is 0 Å². The van der Waals surface area contributed by atoms with E-state index in [2.05, 4.69) is 72.6 Å². The van der Waals surface area contributed by atoms with Crippen LogP contribution in [0.1, 0.15) is 76.7 Å². The number of aliphatic hydroxyl groups is 1. The molecule has 0 bridgehead atoms. The minimum atomic E-state index is -0.314. The molecule has 2 rings (SSSR count). The van der Waals surface area contributed by atoms with Crippen molar-refractivity contribution in [3.8, 4) is 0 Å². The number of hydrogen-bond acceptors (Lipinski definition) is 1. The van der Waals surface area contributed by atoms with E-state index in [0.717, 1.165) is 19.3 Å². The van der Waals surface area contributed by atoms with E-state index in [-0.39, 0.29) is 6.10 Å². The van der Waals surface area contributed by atoms with Crippen molar-refractivity contribution < 1.29 is 5.11 Å². The first-order valence-corrected chi connectivity index (χ1v) is 13.3. The van der Waals surface area contributed by atoms with E-state index in [1.807, 2.05) is 0 Å². The predicted octanol–water partition coefficient (Wildman–Crippen LogP) is 6.42. The molecule has 29 heavy (non-hydrogen) atoms. The SMILES string of the molecule is CCCCCCCCCC/C(=C/[Se]c1ccccc1)C(O)CCc1ccccc1. The van der Waals surface area contributed by atoms with Crippen molar-refractivity contribution in [2.24, 2.45) is 0 Å². The monoisotopic (exact) mass is 458 g/mol. The van der Waals surface area contributed by atoms with Gasteiger partial charge >= 0.3 is 185 Å². The molecule has 1 N–H and O–H groups in total. The fraction of sp³-hybridized carbons (Fsp3) is 0.481. The summed E-state index contributed by atoms with van der Waals surface area (Å²) in [6.07, 6.45) is 13.1. The number of aryl methyl sites for hydroxylation is 1. The van der Waals surface area contributed by atoms with Gasteiger partial charge in [-0.3, -0.25) is 0 Å². The van der Waals surface area contributed by atoms with Crippen LogP contribution >= 0.6 is 0 Å². The van der Waals surface area contributed by atoms with E-state index in [1.54, 1.807) is 0 Å². The number of benzene rings is 2. The predicted molar refractivity (Wildman–Crippen MR) is 128 cm³/mol. The Hall–Kier alpha value is -1.34. The van der Waals surface area contributed by atoms with Gasteiger partial charge in [-0.05, 0) is 0 Å². The molecule has 0 saturated carbocycles. The fourth-order valence-corrected chi connectivity index (χ4v) is 5.38.